The molecule has 0 atom stereocenters. The predicted octanol–water partition coefficient (Wildman–Crippen LogP) is 2.80. The Bertz CT molecular complexity index is 640. The minimum atomic E-state index is 0.888. The van der Waals surface area contributed by atoms with Crippen LogP contribution in [0.2, 0.25) is 0 Å². The Labute approximate surface area is 127 Å². The molecule has 1 aliphatic rings. The molecule has 1 N–H and O–H groups in total. The van der Waals surface area contributed by atoms with E-state index in [1.165, 1.54) is 41.8 Å². The Morgan fingerprint density at radius 2 is 2.00 bits per heavy atom. The molecule has 0 aliphatic heterocycles. The highest BCUT2D eigenvalue weighted by atomic mass is 15.3. The van der Waals surface area contributed by atoms with Gasteiger partial charge in [-0.05, 0) is 75.4 Å². The molecule has 3 heteroatoms. The second-order valence-electron chi connectivity index (χ2n) is 6.12. The SMILES string of the molecule is CNCCc1c(C)nn(Cc2ccc3c(c2)CCC3)c1C. The molecule has 112 valence electrons. The van der Waals surface area contributed by atoms with Crippen molar-refractivity contribution >= 4 is 0 Å². The summed E-state index contributed by atoms with van der Waals surface area (Å²) in [5, 5.41) is 7.96. The molecule has 0 saturated heterocycles. The maximum Gasteiger partial charge on any atom is 0.0662 e. The van der Waals surface area contributed by atoms with E-state index < -0.39 is 0 Å². The molecule has 1 aromatic heterocycles. The number of aromatic nitrogens is 2. The third-order valence-electron chi connectivity index (χ3n) is 4.65. The first-order valence-electron chi connectivity index (χ1n) is 7.97. The molecule has 0 unspecified atom stereocenters. The van der Waals surface area contributed by atoms with Gasteiger partial charge in [0.1, 0.15) is 0 Å². The second kappa shape index (κ2) is 6.02. The van der Waals surface area contributed by atoms with Crippen LogP contribution in [0.3, 0.4) is 0 Å². The molecule has 3 nitrogen and oxygen atoms in total. The molecular formula is C18H25N3. The third kappa shape index (κ3) is 2.88. The highest BCUT2D eigenvalue weighted by Gasteiger charge is 2.14. The lowest BCUT2D eigenvalue weighted by molar-refractivity contribution is 0.657. The molecule has 1 aliphatic carbocycles. The average molecular weight is 283 g/mol. The van der Waals surface area contributed by atoms with Gasteiger partial charge in [-0.25, -0.2) is 0 Å². The van der Waals surface area contributed by atoms with Crippen LogP contribution in [-0.4, -0.2) is 23.4 Å². The monoisotopic (exact) mass is 283 g/mol. The van der Waals surface area contributed by atoms with Gasteiger partial charge >= 0.3 is 0 Å². The fourth-order valence-corrected chi connectivity index (χ4v) is 3.40. The van der Waals surface area contributed by atoms with Crippen LogP contribution in [0.4, 0.5) is 0 Å². The fourth-order valence-electron chi connectivity index (χ4n) is 3.40. The summed E-state index contributed by atoms with van der Waals surface area (Å²) in [6, 6.07) is 6.96. The lowest BCUT2D eigenvalue weighted by atomic mass is 10.1. The predicted molar refractivity (Wildman–Crippen MR) is 86.9 cm³/mol. The van der Waals surface area contributed by atoms with Crippen molar-refractivity contribution in [1.29, 1.82) is 0 Å². The molecule has 2 aromatic rings. The number of hydrogen-bond acceptors (Lipinski definition) is 2. The smallest absolute Gasteiger partial charge is 0.0662 e. The van der Waals surface area contributed by atoms with E-state index in [0.29, 0.717) is 0 Å². The van der Waals surface area contributed by atoms with Crippen molar-refractivity contribution in [1.82, 2.24) is 15.1 Å². The standard InChI is InChI=1S/C18H25N3/c1-13-18(9-10-19-3)14(2)21(20-13)12-15-7-8-16-5-4-6-17(16)11-15/h7-8,11,19H,4-6,9-10,12H2,1-3H3. The van der Waals surface area contributed by atoms with E-state index in [9.17, 15) is 0 Å². The van der Waals surface area contributed by atoms with Crippen LogP contribution in [0.5, 0.6) is 0 Å². The number of hydrogen-bond donors (Lipinski definition) is 1. The van der Waals surface area contributed by atoms with Crippen LogP contribution in [0, 0.1) is 13.8 Å². The van der Waals surface area contributed by atoms with Crippen molar-refractivity contribution in [3.63, 3.8) is 0 Å². The maximum absolute atomic E-state index is 4.74. The van der Waals surface area contributed by atoms with Gasteiger partial charge in [-0.3, -0.25) is 4.68 Å². The van der Waals surface area contributed by atoms with Crippen molar-refractivity contribution in [3.05, 3.63) is 51.8 Å². The first-order valence-corrected chi connectivity index (χ1v) is 7.97. The van der Waals surface area contributed by atoms with Crippen molar-refractivity contribution in [2.45, 2.75) is 46.1 Å². The summed E-state index contributed by atoms with van der Waals surface area (Å²) in [6.45, 7) is 6.21. The fraction of sp³-hybridized carbons (Fsp3) is 0.500. The average Bonchev–Trinajstić information content (AvgIpc) is 3.03. The van der Waals surface area contributed by atoms with E-state index in [-0.39, 0.29) is 0 Å². The molecule has 21 heavy (non-hydrogen) atoms. The molecule has 0 spiro atoms. The molecule has 1 heterocycles. The normalized spacial score (nSPS) is 13.7. The topological polar surface area (TPSA) is 29.9 Å². The molecular weight excluding hydrogens is 258 g/mol. The quantitative estimate of drug-likeness (QED) is 0.914. The van der Waals surface area contributed by atoms with Crippen LogP contribution < -0.4 is 5.32 Å². The van der Waals surface area contributed by atoms with Gasteiger partial charge in [-0.15, -0.1) is 0 Å². The number of nitrogens with one attached hydrogen (secondary N) is 1. The summed E-state index contributed by atoms with van der Waals surface area (Å²) < 4.78 is 2.16. The van der Waals surface area contributed by atoms with E-state index in [1.54, 1.807) is 11.1 Å². The highest BCUT2D eigenvalue weighted by Crippen LogP contribution is 2.23. The van der Waals surface area contributed by atoms with Crippen LogP contribution in [-0.2, 0) is 25.8 Å². The zero-order valence-electron chi connectivity index (χ0n) is 13.4. The van der Waals surface area contributed by atoms with Crippen LogP contribution in [0.15, 0.2) is 18.2 Å². The van der Waals surface area contributed by atoms with Gasteiger partial charge < -0.3 is 5.32 Å². The molecule has 1 aromatic carbocycles. The molecule has 0 saturated carbocycles. The molecule has 0 amide bonds. The highest BCUT2D eigenvalue weighted by molar-refractivity contribution is 5.36. The first kappa shape index (κ1) is 14.3. The van der Waals surface area contributed by atoms with Crippen molar-refractivity contribution < 1.29 is 0 Å². The Hall–Kier alpha value is -1.61. The van der Waals surface area contributed by atoms with Crippen molar-refractivity contribution in [3.8, 4) is 0 Å². The summed E-state index contributed by atoms with van der Waals surface area (Å²) in [5.74, 6) is 0. The number of fused-ring (bicyclic) bond motifs is 1. The van der Waals surface area contributed by atoms with E-state index in [1.807, 2.05) is 7.05 Å². The van der Waals surface area contributed by atoms with E-state index in [2.05, 4.69) is 42.0 Å². The third-order valence-corrected chi connectivity index (χ3v) is 4.65. The van der Waals surface area contributed by atoms with E-state index in [0.717, 1.165) is 19.5 Å². The largest absolute Gasteiger partial charge is 0.319 e. The summed E-state index contributed by atoms with van der Waals surface area (Å²) in [7, 11) is 2.00. The summed E-state index contributed by atoms with van der Waals surface area (Å²) in [6.07, 6.45) is 4.86. The van der Waals surface area contributed by atoms with Gasteiger partial charge in [0.25, 0.3) is 0 Å². The summed E-state index contributed by atoms with van der Waals surface area (Å²) in [5.41, 5.74) is 8.34. The molecule has 0 bridgehead atoms. The zero-order valence-corrected chi connectivity index (χ0v) is 13.4. The lowest BCUT2D eigenvalue weighted by Crippen LogP contribution is -2.11. The van der Waals surface area contributed by atoms with Gasteiger partial charge in [-0.1, -0.05) is 18.2 Å². The summed E-state index contributed by atoms with van der Waals surface area (Å²) in [4.78, 5) is 0. The van der Waals surface area contributed by atoms with Gasteiger partial charge in [0.05, 0.1) is 12.2 Å². The molecule has 3 rings (SSSR count). The van der Waals surface area contributed by atoms with E-state index >= 15 is 0 Å². The first-order chi connectivity index (χ1) is 10.2. The van der Waals surface area contributed by atoms with Crippen LogP contribution in [0.1, 0.15) is 40.1 Å². The minimum absolute atomic E-state index is 0.888. The van der Waals surface area contributed by atoms with Gasteiger partial charge in [-0.2, -0.15) is 5.10 Å². The van der Waals surface area contributed by atoms with Gasteiger partial charge in [0, 0.05) is 5.69 Å². The maximum atomic E-state index is 4.74. The Kier molecular flexibility index (Phi) is 4.11. The number of rotatable bonds is 5. The van der Waals surface area contributed by atoms with Gasteiger partial charge in [0.15, 0.2) is 0 Å². The lowest BCUT2D eigenvalue weighted by Gasteiger charge is -2.08. The van der Waals surface area contributed by atoms with E-state index in [4.69, 9.17) is 5.10 Å². The van der Waals surface area contributed by atoms with Crippen LogP contribution in [0.25, 0.3) is 0 Å². The molecule has 0 radical (unpaired) electrons. The number of nitrogens with zero attached hydrogens (tertiary/aromatic N) is 2. The Morgan fingerprint density at radius 1 is 1.19 bits per heavy atom. The Balaban J connectivity index is 1.81. The zero-order chi connectivity index (χ0) is 14.8. The minimum Gasteiger partial charge on any atom is -0.319 e. The van der Waals surface area contributed by atoms with Crippen LogP contribution >= 0.6 is 0 Å². The Morgan fingerprint density at radius 3 is 2.81 bits per heavy atom. The van der Waals surface area contributed by atoms with Gasteiger partial charge in [0.2, 0.25) is 0 Å². The number of aryl methyl sites for hydroxylation is 3. The summed E-state index contributed by atoms with van der Waals surface area (Å²) >= 11 is 0. The second-order valence-corrected chi connectivity index (χ2v) is 6.12. The molecule has 0 fully saturated rings. The number of benzene rings is 1. The van der Waals surface area contributed by atoms with Crippen molar-refractivity contribution in [2.24, 2.45) is 0 Å². The van der Waals surface area contributed by atoms with Crippen molar-refractivity contribution in [2.75, 3.05) is 13.6 Å². The number of likely N-dealkylation sites (N-methyl/N-ethyl adjacent to an activating group) is 1.